The Balaban J connectivity index is 1.69. The number of rotatable bonds is 7. The van der Waals surface area contributed by atoms with Gasteiger partial charge in [-0.3, -0.25) is 14.9 Å². The van der Waals surface area contributed by atoms with Crippen molar-refractivity contribution >= 4 is 41.2 Å². The van der Waals surface area contributed by atoms with Crippen LogP contribution in [0.1, 0.15) is 11.1 Å². The van der Waals surface area contributed by atoms with Crippen LogP contribution in [0.25, 0.3) is 6.08 Å². The molecular weight excluding hydrogens is 491 g/mol. The summed E-state index contributed by atoms with van der Waals surface area (Å²) >= 11 is 6.14. The summed E-state index contributed by atoms with van der Waals surface area (Å²) < 4.78 is 29.5. The molecule has 0 saturated carbocycles. The molecule has 4 amide bonds. The van der Waals surface area contributed by atoms with E-state index >= 15 is 0 Å². The molecule has 1 fully saturated rings. The van der Waals surface area contributed by atoms with Crippen LogP contribution in [-0.2, 0) is 16.2 Å². The van der Waals surface area contributed by atoms with E-state index < -0.39 is 17.8 Å². The van der Waals surface area contributed by atoms with Crippen LogP contribution in [0.15, 0.2) is 66.2 Å². The molecule has 0 bridgehead atoms. The van der Waals surface area contributed by atoms with Gasteiger partial charge in [0.25, 0.3) is 11.8 Å². The van der Waals surface area contributed by atoms with Crippen molar-refractivity contribution < 1.29 is 33.0 Å². The number of ether oxygens (including phenoxy) is 3. The second-order valence-electron chi connectivity index (χ2n) is 7.57. The summed E-state index contributed by atoms with van der Waals surface area (Å²) in [6.07, 6.45) is 1.33. The van der Waals surface area contributed by atoms with Gasteiger partial charge < -0.3 is 14.2 Å². The summed E-state index contributed by atoms with van der Waals surface area (Å²) in [7, 11) is 2.73. The number of para-hydroxylation sites is 1. The first-order chi connectivity index (χ1) is 17.3. The summed E-state index contributed by atoms with van der Waals surface area (Å²) in [6, 6.07) is 14.4. The summed E-state index contributed by atoms with van der Waals surface area (Å²) in [4.78, 5) is 39.5. The highest BCUT2D eigenvalue weighted by Crippen LogP contribution is 2.39. The number of carbonyl (C=O) groups is 3. The van der Waals surface area contributed by atoms with E-state index in [1.54, 1.807) is 36.4 Å². The zero-order chi connectivity index (χ0) is 25.8. The second kappa shape index (κ2) is 10.5. The van der Waals surface area contributed by atoms with E-state index in [9.17, 15) is 18.8 Å². The van der Waals surface area contributed by atoms with Gasteiger partial charge in [0, 0.05) is 17.7 Å². The molecule has 36 heavy (non-hydrogen) atoms. The van der Waals surface area contributed by atoms with Crippen molar-refractivity contribution in [2.45, 2.75) is 6.61 Å². The Bertz CT molecular complexity index is 1370. The van der Waals surface area contributed by atoms with Gasteiger partial charge in [-0.15, -0.1) is 0 Å². The lowest BCUT2D eigenvalue weighted by Crippen LogP contribution is -2.54. The molecule has 0 atom stereocenters. The van der Waals surface area contributed by atoms with E-state index in [4.69, 9.17) is 25.8 Å². The average molecular weight is 511 g/mol. The van der Waals surface area contributed by atoms with Crippen LogP contribution in [0.5, 0.6) is 17.2 Å². The molecule has 1 saturated heterocycles. The van der Waals surface area contributed by atoms with Gasteiger partial charge in [-0.25, -0.2) is 14.1 Å². The minimum Gasteiger partial charge on any atom is -0.495 e. The number of carbonyl (C=O) groups excluding carboxylic acids is 3. The highest BCUT2D eigenvalue weighted by molar-refractivity contribution is 6.39. The number of barbiturate groups is 1. The molecule has 1 heterocycles. The van der Waals surface area contributed by atoms with E-state index in [2.05, 4.69) is 5.32 Å². The Morgan fingerprint density at radius 1 is 0.944 bits per heavy atom. The highest BCUT2D eigenvalue weighted by atomic mass is 35.5. The maximum absolute atomic E-state index is 13.4. The summed E-state index contributed by atoms with van der Waals surface area (Å²) in [6.45, 7) is 0.132. The van der Waals surface area contributed by atoms with E-state index in [1.807, 2.05) is 0 Å². The standard InChI is InChI=1S/C26H20ClFN2O6/c1-34-22-13-20(23(35-2)12-19(22)27)30-25(32)18(24(31)29-26(30)33)11-16-5-3-4-6-21(16)36-14-15-7-9-17(28)10-8-15/h3-13H,14H2,1-2H3,(H,29,31,33)/b18-11+. The number of methoxy groups -OCH3 is 2. The zero-order valence-electron chi connectivity index (χ0n) is 19.2. The predicted octanol–water partition coefficient (Wildman–Crippen LogP) is 4.74. The Kier molecular flexibility index (Phi) is 7.21. The third-order valence-electron chi connectivity index (χ3n) is 5.32. The molecular formula is C26H20ClFN2O6. The Morgan fingerprint density at radius 3 is 2.33 bits per heavy atom. The Labute approximate surface area is 210 Å². The van der Waals surface area contributed by atoms with E-state index in [0.717, 1.165) is 10.5 Å². The summed E-state index contributed by atoms with van der Waals surface area (Å²) in [5, 5.41) is 2.38. The monoisotopic (exact) mass is 510 g/mol. The number of hydrogen-bond donors (Lipinski definition) is 1. The van der Waals surface area contributed by atoms with Gasteiger partial charge in [-0.1, -0.05) is 41.9 Å². The number of nitrogens with zero attached hydrogens (tertiary/aromatic N) is 1. The number of nitrogens with one attached hydrogen (secondary N) is 1. The van der Waals surface area contributed by atoms with Gasteiger partial charge in [0.05, 0.1) is 24.9 Å². The maximum Gasteiger partial charge on any atom is 0.336 e. The third-order valence-corrected chi connectivity index (χ3v) is 5.62. The van der Waals surface area contributed by atoms with Crippen molar-refractivity contribution in [3.8, 4) is 17.2 Å². The quantitative estimate of drug-likeness (QED) is 0.364. The van der Waals surface area contributed by atoms with Crippen LogP contribution in [0, 0.1) is 5.82 Å². The van der Waals surface area contributed by atoms with E-state index in [1.165, 1.54) is 44.6 Å². The first kappa shape index (κ1) is 24.7. The fourth-order valence-corrected chi connectivity index (χ4v) is 3.75. The van der Waals surface area contributed by atoms with Crippen molar-refractivity contribution in [1.82, 2.24) is 5.32 Å². The number of imide groups is 2. The molecule has 3 aromatic carbocycles. The van der Waals surface area contributed by atoms with Crippen LogP contribution in [0.4, 0.5) is 14.9 Å². The number of benzene rings is 3. The third kappa shape index (κ3) is 5.01. The van der Waals surface area contributed by atoms with Crippen molar-refractivity contribution in [1.29, 1.82) is 0 Å². The minimum atomic E-state index is -0.953. The van der Waals surface area contributed by atoms with Crippen LogP contribution < -0.4 is 24.4 Å². The minimum absolute atomic E-state index is 0.0421. The normalized spacial score (nSPS) is 14.6. The molecule has 0 unspecified atom stereocenters. The van der Waals surface area contributed by atoms with Gasteiger partial charge in [0.15, 0.2) is 0 Å². The van der Waals surface area contributed by atoms with Crippen molar-refractivity contribution in [2.24, 2.45) is 0 Å². The van der Waals surface area contributed by atoms with E-state index in [-0.39, 0.29) is 40.2 Å². The Morgan fingerprint density at radius 2 is 1.64 bits per heavy atom. The van der Waals surface area contributed by atoms with Crippen LogP contribution in [0.3, 0.4) is 0 Å². The molecule has 0 aliphatic carbocycles. The first-order valence-corrected chi connectivity index (χ1v) is 11.0. The zero-order valence-corrected chi connectivity index (χ0v) is 20.0. The number of halogens is 2. The van der Waals surface area contributed by atoms with Gasteiger partial charge in [0.2, 0.25) is 0 Å². The topological polar surface area (TPSA) is 94.2 Å². The number of amides is 4. The summed E-state index contributed by atoms with van der Waals surface area (Å²) in [5.41, 5.74) is 0.892. The lowest BCUT2D eigenvalue weighted by molar-refractivity contribution is -0.122. The fraction of sp³-hybridized carbons (Fsp3) is 0.115. The molecule has 3 aromatic rings. The van der Waals surface area contributed by atoms with Gasteiger partial charge in [-0.2, -0.15) is 0 Å². The van der Waals surface area contributed by atoms with Crippen LogP contribution in [-0.4, -0.2) is 32.1 Å². The number of anilines is 1. The molecule has 4 rings (SSSR count). The molecule has 0 spiro atoms. The SMILES string of the molecule is COc1cc(N2C(=O)NC(=O)/C(=C\c3ccccc3OCc3ccc(F)cc3)C2=O)c(OC)cc1Cl. The van der Waals surface area contributed by atoms with Gasteiger partial charge in [0.1, 0.15) is 35.2 Å². The van der Waals surface area contributed by atoms with Crippen molar-refractivity contribution in [2.75, 3.05) is 19.1 Å². The molecule has 1 aliphatic heterocycles. The molecule has 1 aliphatic rings. The van der Waals surface area contributed by atoms with Gasteiger partial charge >= 0.3 is 6.03 Å². The largest absolute Gasteiger partial charge is 0.495 e. The van der Waals surface area contributed by atoms with Gasteiger partial charge in [-0.05, 0) is 29.8 Å². The van der Waals surface area contributed by atoms with Crippen molar-refractivity contribution in [3.05, 3.63) is 88.2 Å². The average Bonchev–Trinajstić information content (AvgIpc) is 2.87. The Hall–Kier alpha value is -4.37. The van der Waals surface area contributed by atoms with Crippen LogP contribution in [0.2, 0.25) is 5.02 Å². The molecule has 184 valence electrons. The second-order valence-corrected chi connectivity index (χ2v) is 7.98. The summed E-state index contributed by atoms with van der Waals surface area (Å²) in [5.74, 6) is -1.39. The van der Waals surface area contributed by atoms with Crippen molar-refractivity contribution in [3.63, 3.8) is 0 Å². The molecule has 10 heteroatoms. The molecule has 8 nitrogen and oxygen atoms in total. The lowest BCUT2D eigenvalue weighted by atomic mass is 10.1. The van der Waals surface area contributed by atoms with Crippen LogP contribution >= 0.6 is 11.6 Å². The molecule has 1 N–H and O–H groups in total. The number of hydrogen-bond acceptors (Lipinski definition) is 6. The smallest absolute Gasteiger partial charge is 0.336 e. The predicted molar refractivity (Wildman–Crippen MR) is 131 cm³/mol. The lowest BCUT2D eigenvalue weighted by Gasteiger charge is -2.28. The first-order valence-electron chi connectivity index (χ1n) is 10.6. The maximum atomic E-state index is 13.4. The molecule has 0 aromatic heterocycles. The van der Waals surface area contributed by atoms with E-state index in [0.29, 0.717) is 11.3 Å². The highest BCUT2D eigenvalue weighted by Gasteiger charge is 2.38. The number of urea groups is 1. The fourth-order valence-electron chi connectivity index (χ4n) is 3.52. The molecule has 0 radical (unpaired) electrons.